The van der Waals surface area contributed by atoms with Crippen LogP contribution >= 0.6 is 0 Å². The summed E-state index contributed by atoms with van der Waals surface area (Å²) in [5, 5.41) is 2.56. The Kier molecular flexibility index (Phi) is 5.32. The van der Waals surface area contributed by atoms with E-state index >= 15 is 0 Å². The van der Waals surface area contributed by atoms with E-state index in [1.54, 1.807) is 44.2 Å². The Balaban J connectivity index is 2.04. The smallest absolute Gasteiger partial charge is 0.438 e. The SMILES string of the molecule is COc1ccc(NC(=O)Cn2c(=O)c(C(F)(F)F)nc3cc(C)c(C)cc32)cc1. The number of rotatable bonds is 4. The van der Waals surface area contributed by atoms with Crippen LogP contribution in [0.1, 0.15) is 16.8 Å². The van der Waals surface area contributed by atoms with Gasteiger partial charge in [-0.25, -0.2) is 4.98 Å². The fourth-order valence-corrected chi connectivity index (χ4v) is 2.86. The molecule has 0 aliphatic carbocycles. The molecule has 6 nitrogen and oxygen atoms in total. The predicted octanol–water partition coefficient (Wildman–Crippen LogP) is 3.68. The molecular weight excluding hydrogens is 387 g/mol. The van der Waals surface area contributed by atoms with Crippen LogP contribution in [-0.4, -0.2) is 22.6 Å². The van der Waals surface area contributed by atoms with Crippen molar-refractivity contribution in [1.82, 2.24) is 9.55 Å². The van der Waals surface area contributed by atoms with E-state index in [-0.39, 0.29) is 11.0 Å². The largest absolute Gasteiger partial charge is 0.497 e. The Labute approximate surface area is 163 Å². The van der Waals surface area contributed by atoms with Crippen molar-refractivity contribution in [3.63, 3.8) is 0 Å². The summed E-state index contributed by atoms with van der Waals surface area (Å²) in [5.74, 6) is -0.0591. The van der Waals surface area contributed by atoms with Crippen molar-refractivity contribution >= 4 is 22.6 Å². The molecule has 0 unspecified atom stereocenters. The minimum Gasteiger partial charge on any atom is -0.497 e. The van der Waals surface area contributed by atoms with Crippen molar-refractivity contribution in [2.24, 2.45) is 0 Å². The molecule has 152 valence electrons. The van der Waals surface area contributed by atoms with Crippen molar-refractivity contribution in [1.29, 1.82) is 0 Å². The maximum absolute atomic E-state index is 13.3. The standard InChI is InChI=1S/C20H18F3N3O3/c1-11-8-15-16(9-12(11)2)26(19(28)18(25-15)20(21,22)23)10-17(27)24-13-4-6-14(29-3)7-5-13/h4-9H,10H2,1-3H3,(H,24,27). The fraction of sp³-hybridized carbons (Fsp3) is 0.250. The van der Waals surface area contributed by atoms with E-state index in [9.17, 15) is 22.8 Å². The number of amides is 1. The van der Waals surface area contributed by atoms with Gasteiger partial charge in [0.25, 0.3) is 5.56 Å². The summed E-state index contributed by atoms with van der Waals surface area (Å²) >= 11 is 0. The third kappa shape index (κ3) is 4.23. The molecule has 1 heterocycles. The number of nitrogens with one attached hydrogen (secondary N) is 1. The summed E-state index contributed by atoms with van der Waals surface area (Å²) in [6, 6.07) is 9.43. The number of carbonyl (C=O) groups is 1. The maximum atomic E-state index is 13.3. The second-order valence-electron chi connectivity index (χ2n) is 6.55. The average Bonchev–Trinajstić information content (AvgIpc) is 2.65. The molecule has 2 aromatic carbocycles. The van der Waals surface area contributed by atoms with Crippen molar-refractivity contribution in [2.75, 3.05) is 12.4 Å². The van der Waals surface area contributed by atoms with Gasteiger partial charge in [-0.05, 0) is 61.4 Å². The summed E-state index contributed by atoms with van der Waals surface area (Å²) < 4.78 is 45.7. The first-order chi connectivity index (χ1) is 13.6. The van der Waals surface area contributed by atoms with Gasteiger partial charge in [0.15, 0.2) is 0 Å². The number of nitrogens with zero attached hydrogens (tertiary/aromatic N) is 2. The first-order valence-corrected chi connectivity index (χ1v) is 8.63. The number of hydrogen-bond acceptors (Lipinski definition) is 4. The molecule has 0 aliphatic rings. The minimum atomic E-state index is -4.93. The molecule has 0 fully saturated rings. The molecule has 3 rings (SSSR count). The van der Waals surface area contributed by atoms with Gasteiger partial charge in [-0.1, -0.05) is 0 Å². The lowest BCUT2D eigenvalue weighted by molar-refractivity contribution is -0.142. The molecule has 1 aromatic heterocycles. The van der Waals surface area contributed by atoms with E-state index in [0.29, 0.717) is 11.4 Å². The molecule has 0 spiro atoms. The summed E-state index contributed by atoms with van der Waals surface area (Å²) in [6.45, 7) is 2.91. The van der Waals surface area contributed by atoms with Gasteiger partial charge >= 0.3 is 6.18 Å². The Hall–Kier alpha value is -3.36. The van der Waals surface area contributed by atoms with E-state index in [0.717, 1.165) is 15.7 Å². The summed E-state index contributed by atoms with van der Waals surface area (Å²) in [5.41, 5.74) is -0.837. The molecular formula is C20H18F3N3O3. The van der Waals surface area contributed by atoms with Crippen LogP contribution in [0.2, 0.25) is 0 Å². The molecule has 0 saturated heterocycles. The number of alkyl halides is 3. The van der Waals surface area contributed by atoms with Crippen LogP contribution < -0.4 is 15.6 Å². The van der Waals surface area contributed by atoms with Gasteiger partial charge in [0, 0.05) is 5.69 Å². The highest BCUT2D eigenvalue weighted by Crippen LogP contribution is 2.27. The zero-order valence-corrected chi connectivity index (χ0v) is 15.9. The lowest BCUT2D eigenvalue weighted by Crippen LogP contribution is -2.34. The van der Waals surface area contributed by atoms with Gasteiger partial charge in [-0.3, -0.25) is 14.2 Å². The maximum Gasteiger partial charge on any atom is 0.438 e. The average molecular weight is 405 g/mol. The lowest BCUT2D eigenvalue weighted by Gasteiger charge is -2.15. The second kappa shape index (κ2) is 7.57. The molecule has 0 saturated carbocycles. The number of carbonyl (C=O) groups excluding carboxylic acids is 1. The number of benzene rings is 2. The molecule has 0 bridgehead atoms. The Morgan fingerprint density at radius 1 is 1.14 bits per heavy atom. The summed E-state index contributed by atoms with van der Waals surface area (Å²) in [4.78, 5) is 28.4. The van der Waals surface area contributed by atoms with E-state index in [4.69, 9.17) is 4.74 Å². The quantitative estimate of drug-likeness (QED) is 0.719. The van der Waals surface area contributed by atoms with Crippen LogP contribution in [0.25, 0.3) is 11.0 Å². The number of anilines is 1. The number of methoxy groups -OCH3 is 1. The van der Waals surface area contributed by atoms with Gasteiger partial charge in [-0.2, -0.15) is 13.2 Å². The van der Waals surface area contributed by atoms with Gasteiger partial charge < -0.3 is 10.1 Å². The molecule has 0 atom stereocenters. The topological polar surface area (TPSA) is 73.2 Å². The monoisotopic (exact) mass is 405 g/mol. The van der Waals surface area contributed by atoms with E-state index in [1.807, 2.05) is 0 Å². The molecule has 3 aromatic rings. The van der Waals surface area contributed by atoms with E-state index in [1.165, 1.54) is 13.2 Å². The number of aromatic nitrogens is 2. The Bertz CT molecular complexity index is 1140. The molecule has 1 N–H and O–H groups in total. The third-order valence-electron chi connectivity index (χ3n) is 4.51. The zero-order chi connectivity index (χ0) is 21.3. The Morgan fingerprint density at radius 3 is 2.34 bits per heavy atom. The molecule has 1 amide bonds. The van der Waals surface area contributed by atoms with Gasteiger partial charge in [0.1, 0.15) is 12.3 Å². The van der Waals surface area contributed by atoms with Crippen LogP contribution in [0.5, 0.6) is 5.75 Å². The molecule has 9 heteroatoms. The first-order valence-electron chi connectivity index (χ1n) is 8.63. The highest BCUT2D eigenvalue weighted by atomic mass is 19.4. The van der Waals surface area contributed by atoms with Crippen LogP contribution in [-0.2, 0) is 17.5 Å². The van der Waals surface area contributed by atoms with Crippen molar-refractivity contribution < 1.29 is 22.7 Å². The normalized spacial score (nSPS) is 11.5. The van der Waals surface area contributed by atoms with Crippen molar-refractivity contribution in [2.45, 2.75) is 26.6 Å². The lowest BCUT2D eigenvalue weighted by atomic mass is 10.1. The number of fused-ring (bicyclic) bond motifs is 1. The van der Waals surface area contributed by atoms with Crippen LogP contribution in [0, 0.1) is 13.8 Å². The molecule has 0 aliphatic heterocycles. The minimum absolute atomic E-state index is 0.00253. The third-order valence-corrected chi connectivity index (χ3v) is 4.51. The van der Waals surface area contributed by atoms with Crippen LogP contribution in [0.3, 0.4) is 0 Å². The highest BCUT2D eigenvalue weighted by molar-refractivity contribution is 5.91. The summed E-state index contributed by atoms with van der Waals surface area (Å²) in [7, 11) is 1.50. The first kappa shape index (κ1) is 20.4. The Morgan fingerprint density at radius 2 is 1.76 bits per heavy atom. The number of ether oxygens (including phenoxy) is 1. The summed E-state index contributed by atoms with van der Waals surface area (Å²) in [6.07, 6.45) is -4.93. The number of hydrogen-bond donors (Lipinski definition) is 1. The van der Waals surface area contributed by atoms with Crippen LogP contribution in [0.4, 0.5) is 18.9 Å². The fourth-order valence-electron chi connectivity index (χ4n) is 2.86. The van der Waals surface area contributed by atoms with Crippen molar-refractivity contribution in [3.05, 3.63) is 63.6 Å². The van der Waals surface area contributed by atoms with E-state index in [2.05, 4.69) is 10.3 Å². The number of aryl methyl sites for hydroxylation is 2. The van der Waals surface area contributed by atoms with Gasteiger partial charge in [0.05, 0.1) is 18.1 Å². The zero-order valence-electron chi connectivity index (χ0n) is 15.9. The highest BCUT2D eigenvalue weighted by Gasteiger charge is 2.37. The van der Waals surface area contributed by atoms with Gasteiger partial charge in [0.2, 0.25) is 11.6 Å². The van der Waals surface area contributed by atoms with Crippen molar-refractivity contribution in [3.8, 4) is 5.75 Å². The second-order valence-corrected chi connectivity index (χ2v) is 6.55. The molecule has 0 radical (unpaired) electrons. The van der Waals surface area contributed by atoms with E-state index < -0.39 is 29.9 Å². The van der Waals surface area contributed by atoms with Crippen LogP contribution in [0.15, 0.2) is 41.2 Å². The predicted molar refractivity (Wildman–Crippen MR) is 102 cm³/mol. The number of halogens is 3. The molecule has 29 heavy (non-hydrogen) atoms. The van der Waals surface area contributed by atoms with Gasteiger partial charge in [-0.15, -0.1) is 0 Å².